The lowest BCUT2D eigenvalue weighted by molar-refractivity contribution is -0.265. The molecule has 14 heteroatoms. The summed E-state index contributed by atoms with van der Waals surface area (Å²) in [6.45, 7) is 12.7. The minimum Gasteiger partial charge on any atom is -0.460 e. The van der Waals surface area contributed by atoms with Crippen molar-refractivity contribution in [3.05, 3.63) is 47.6 Å². The van der Waals surface area contributed by atoms with Crippen molar-refractivity contribution < 1.29 is 63.0 Å². The zero-order valence-electron chi connectivity index (χ0n) is 40.6. The molecule has 366 valence electrons. The molecule has 2 bridgehead atoms. The lowest BCUT2D eigenvalue weighted by Gasteiger charge is -2.42. The number of rotatable bonds is 6. The molecule has 4 aliphatic rings. The van der Waals surface area contributed by atoms with Crippen LogP contribution in [0.25, 0.3) is 0 Å². The van der Waals surface area contributed by atoms with Gasteiger partial charge in [-0.25, -0.2) is 4.79 Å². The van der Waals surface area contributed by atoms with Gasteiger partial charge in [0.15, 0.2) is 5.78 Å². The van der Waals surface area contributed by atoms with Crippen molar-refractivity contribution in [3.8, 4) is 0 Å². The second-order valence-electron chi connectivity index (χ2n) is 19.6. The van der Waals surface area contributed by atoms with E-state index in [1.807, 2.05) is 58.1 Å². The van der Waals surface area contributed by atoms with E-state index in [0.29, 0.717) is 63.4 Å². The fourth-order valence-electron chi connectivity index (χ4n) is 10.1. The van der Waals surface area contributed by atoms with Gasteiger partial charge in [0.2, 0.25) is 5.79 Å². The SMILES string of the molecule is COC1CC2CCC(C)C(O)(O2)C(=O)C(=O)N2CCCCC2C(=O)OC(C(C)CC2CCC(O)C(OC)C2)CC(=O)C(C)/C=C(\C)C(O)C(OC)C(=O)C(C)CC(C)/C=C/C=C/C=C/1C. The Bertz CT molecular complexity index is 1760. The molecule has 65 heavy (non-hydrogen) atoms. The van der Waals surface area contributed by atoms with Crippen LogP contribution in [0, 0.1) is 35.5 Å². The van der Waals surface area contributed by atoms with Crippen LogP contribution in [-0.2, 0) is 47.7 Å². The van der Waals surface area contributed by atoms with Crippen molar-refractivity contribution in [3.63, 3.8) is 0 Å². The number of nitrogens with zero attached hydrogens (tertiary/aromatic N) is 1. The van der Waals surface area contributed by atoms with Crippen molar-refractivity contribution >= 4 is 29.2 Å². The van der Waals surface area contributed by atoms with Gasteiger partial charge in [-0.2, -0.15) is 0 Å². The number of fused-ring (bicyclic) bond motifs is 3. The number of ether oxygens (including phenoxy) is 5. The average Bonchev–Trinajstić information content (AvgIpc) is 3.28. The van der Waals surface area contributed by atoms with E-state index in [4.69, 9.17) is 23.7 Å². The molecule has 0 spiro atoms. The summed E-state index contributed by atoms with van der Waals surface area (Å²) in [6.07, 6.45) is 11.2. The monoisotopic (exact) mass is 914 g/mol. The third kappa shape index (κ3) is 14.3. The van der Waals surface area contributed by atoms with E-state index in [2.05, 4.69) is 0 Å². The van der Waals surface area contributed by atoms with Gasteiger partial charge in [0.1, 0.15) is 30.1 Å². The summed E-state index contributed by atoms with van der Waals surface area (Å²) in [5.41, 5.74) is 1.27. The number of methoxy groups -OCH3 is 3. The highest BCUT2D eigenvalue weighted by Crippen LogP contribution is 2.38. The molecule has 0 aromatic rings. The van der Waals surface area contributed by atoms with Crippen LogP contribution in [0.2, 0.25) is 0 Å². The smallest absolute Gasteiger partial charge is 0.329 e. The maximum absolute atomic E-state index is 14.4. The minimum atomic E-state index is -2.43. The molecule has 14 nitrogen and oxygen atoms in total. The molecule has 0 aromatic carbocycles. The van der Waals surface area contributed by atoms with Gasteiger partial charge in [-0.1, -0.05) is 71.1 Å². The molecular formula is C51H79NO13. The minimum absolute atomic E-state index is 0.0193. The third-order valence-corrected chi connectivity index (χ3v) is 14.5. The molecule has 15 atom stereocenters. The first-order chi connectivity index (χ1) is 30.7. The number of hydrogen-bond donors (Lipinski definition) is 3. The van der Waals surface area contributed by atoms with E-state index < -0.39 is 83.9 Å². The molecule has 1 amide bonds. The predicted molar refractivity (Wildman–Crippen MR) is 245 cm³/mol. The number of piperidine rings is 1. The van der Waals surface area contributed by atoms with Crippen molar-refractivity contribution in [1.82, 2.24) is 4.90 Å². The van der Waals surface area contributed by atoms with Crippen LogP contribution in [-0.4, -0.2) is 132 Å². The molecule has 3 N–H and O–H groups in total. The molecule has 3 aliphatic heterocycles. The molecule has 3 fully saturated rings. The van der Waals surface area contributed by atoms with Crippen LogP contribution >= 0.6 is 0 Å². The Kier molecular flexibility index (Phi) is 21.0. The molecule has 0 radical (unpaired) electrons. The van der Waals surface area contributed by atoms with Gasteiger partial charge in [-0.3, -0.25) is 19.2 Å². The van der Waals surface area contributed by atoms with Crippen LogP contribution in [0.15, 0.2) is 47.6 Å². The predicted octanol–water partition coefficient (Wildman–Crippen LogP) is 6.18. The fourth-order valence-corrected chi connectivity index (χ4v) is 10.1. The highest BCUT2D eigenvalue weighted by Gasteiger charge is 2.53. The zero-order valence-corrected chi connectivity index (χ0v) is 40.6. The van der Waals surface area contributed by atoms with E-state index in [-0.39, 0.29) is 54.8 Å². The van der Waals surface area contributed by atoms with Gasteiger partial charge in [-0.15, -0.1) is 0 Å². The molecule has 1 saturated carbocycles. The topological polar surface area (TPSA) is 195 Å². The van der Waals surface area contributed by atoms with Gasteiger partial charge in [0.25, 0.3) is 11.7 Å². The zero-order chi connectivity index (χ0) is 48.2. The number of hydrogen-bond acceptors (Lipinski definition) is 13. The average molecular weight is 914 g/mol. The highest BCUT2D eigenvalue weighted by molar-refractivity contribution is 6.39. The quantitative estimate of drug-likeness (QED) is 0.156. The summed E-state index contributed by atoms with van der Waals surface area (Å²) in [5.74, 6) is -7.96. The molecule has 2 saturated heterocycles. The van der Waals surface area contributed by atoms with E-state index in [1.165, 1.54) is 12.0 Å². The Labute approximate surface area is 387 Å². The number of aliphatic hydroxyl groups excluding tert-OH is 2. The first-order valence-corrected chi connectivity index (χ1v) is 23.9. The summed E-state index contributed by atoms with van der Waals surface area (Å²) in [7, 11) is 4.52. The maximum Gasteiger partial charge on any atom is 0.329 e. The summed E-state index contributed by atoms with van der Waals surface area (Å²) in [6, 6.07) is -1.14. The number of allylic oxidation sites excluding steroid dienone is 6. The summed E-state index contributed by atoms with van der Waals surface area (Å²) < 4.78 is 29.4. The number of carbonyl (C=O) groups excluding carboxylic acids is 5. The van der Waals surface area contributed by atoms with Gasteiger partial charge in [0.05, 0.1) is 24.4 Å². The summed E-state index contributed by atoms with van der Waals surface area (Å²) in [5, 5.41) is 33.8. The molecule has 15 unspecified atom stereocenters. The number of aliphatic hydroxyl groups is 3. The Morgan fingerprint density at radius 3 is 2.25 bits per heavy atom. The lowest BCUT2D eigenvalue weighted by Crippen LogP contribution is -2.61. The number of cyclic esters (lactones) is 1. The van der Waals surface area contributed by atoms with Crippen LogP contribution in [0.5, 0.6) is 0 Å². The number of esters is 1. The second-order valence-corrected chi connectivity index (χ2v) is 19.6. The number of amides is 1. The largest absolute Gasteiger partial charge is 0.460 e. The van der Waals surface area contributed by atoms with Gasteiger partial charge in [-0.05, 0) is 107 Å². The van der Waals surface area contributed by atoms with E-state index >= 15 is 0 Å². The van der Waals surface area contributed by atoms with Crippen molar-refractivity contribution in [1.29, 1.82) is 0 Å². The third-order valence-electron chi connectivity index (χ3n) is 14.5. The van der Waals surface area contributed by atoms with Crippen molar-refractivity contribution in [2.75, 3.05) is 27.9 Å². The van der Waals surface area contributed by atoms with Gasteiger partial charge in [0, 0.05) is 58.5 Å². The molecule has 4 rings (SSSR count). The Morgan fingerprint density at radius 2 is 1.57 bits per heavy atom. The van der Waals surface area contributed by atoms with E-state index in [0.717, 1.165) is 12.0 Å². The maximum atomic E-state index is 14.4. The Morgan fingerprint density at radius 1 is 0.846 bits per heavy atom. The normalized spacial score (nSPS) is 40.4. The Balaban J connectivity index is 1.70. The lowest BCUT2D eigenvalue weighted by atomic mass is 9.78. The van der Waals surface area contributed by atoms with E-state index in [1.54, 1.807) is 41.1 Å². The van der Waals surface area contributed by atoms with E-state index in [9.17, 15) is 39.3 Å². The van der Waals surface area contributed by atoms with Gasteiger partial charge >= 0.3 is 5.97 Å². The first kappa shape index (κ1) is 54.2. The summed E-state index contributed by atoms with van der Waals surface area (Å²) >= 11 is 0. The number of Topliss-reactive ketones (excluding diaryl/α,β-unsaturated/α-hetero) is 3. The molecular weight excluding hydrogens is 835 g/mol. The van der Waals surface area contributed by atoms with Crippen molar-refractivity contribution in [2.24, 2.45) is 35.5 Å². The standard InChI is InChI=1S/C51H79NO13/c1-30-16-12-11-13-17-31(2)42(61-8)28-38-21-19-36(7)51(60,65-38)48(57)49(58)52-23-15-14-18-39(52)50(59)64-43(33(4)26-37-20-22-40(53)44(27-37)62-9)29-41(54)32(3)25-35(6)46(56)47(63-10)45(55)34(5)24-30/h11-13,16-17,25,30,32-34,36-40,42-44,46-47,53,56,60H,14-15,18-24,26-29H2,1-10H3/b13-11+,16-12+,31-17+,35-25+. The van der Waals surface area contributed by atoms with Crippen LogP contribution in [0.3, 0.4) is 0 Å². The highest BCUT2D eigenvalue weighted by atomic mass is 16.6. The first-order valence-electron chi connectivity index (χ1n) is 23.9. The van der Waals surface area contributed by atoms with Gasteiger partial charge < -0.3 is 43.9 Å². The van der Waals surface area contributed by atoms with Crippen molar-refractivity contribution in [2.45, 2.75) is 180 Å². The van der Waals surface area contributed by atoms with Crippen LogP contribution in [0.4, 0.5) is 0 Å². The number of carbonyl (C=O) groups is 5. The summed E-state index contributed by atoms with van der Waals surface area (Å²) in [4.78, 5) is 71.8. The second kappa shape index (κ2) is 25.1. The molecule has 1 aliphatic carbocycles. The molecule has 3 heterocycles. The number of ketones is 3. The Hall–Kier alpha value is -3.37. The fraction of sp³-hybridized carbons (Fsp3) is 0.745. The molecule has 0 aromatic heterocycles. The van der Waals surface area contributed by atoms with Crippen LogP contribution in [0.1, 0.15) is 126 Å². The van der Waals surface area contributed by atoms with Crippen LogP contribution < -0.4 is 0 Å².